The SMILES string of the molecule is Cn1cc(NCc2ccc(Cl)c(Br)c2)ccc1=O. The molecule has 0 aliphatic rings. The van der Waals surface area contributed by atoms with Crippen molar-refractivity contribution in [3.63, 3.8) is 0 Å². The fourth-order valence-electron chi connectivity index (χ4n) is 1.55. The van der Waals surface area contributed by atoms with Crippen LogP contribution in [0.5, 0.6) is 0 Å². The van der Waals surface area contributed by atoms with Crippen LogP contribution in [-0.4, -0.2) is 4.57 Å². The Balaban J connectivity index is 2.09. The van der Waals surface area contributed by atoms with E-state index in [2.05, 4.69) is 21.2 Å². The lowest BCUT2D eigenvalue weighted by Gasteiger charge is -2.08. The summed E-state index contributed by atoms with van der Waals surface area (Å²) in [5.74, 6) is 0. The number of rotatable bonds is 3. The molecule has 5 heteroatoms. The third kappa shape index (κ3) is 3.15. The number of anilines is 1. The van der Waals surface area contributed by atoms with Crippen molar-refractivity contribution in [1.82, 2.24) is 4.57 Å². The van der Waals surface area contributed by atoms with Gasteiger partial charge in [0.25, 0.3) is 0 Å². The summed E-state index contributed by atoms with van der Waals surface area (Å²) in [6.07, 6.45) is 1.77. The molecule has 2 aromatic rings. The number of benzene rings is 1. The van der Waals surface area contributed by atoms with Gasteiger partial charge in [0.1, 0.15) is 0 Å². The van der Waals surface area contributed by atoms with Gasteiger partial charge in [0.05, 0.1) is 10.7 Å². The van der Waals surface area contributed by atoms with E-state index in [0.717, 1.165) is 15.7 Å². The molecule has 0 fully saturated rings. The maximum Gasteiger partial charge on any atom is 0.250 e. The standard InChI is InChI=1S/C13H12BrClN2O/c1-17-8-10(3-5-13(17)18)16-7-9-2-4-12(15)11(14)6-9/h2-6,8,16H,7H2,1H3. The van der Waals surface area contributed by atoms with E-state index in [0.29, 0.717) is 11.6 Å². The Morgan fingerprint density at radius 2 is 2.11 bits per heavy atom. The average Bonchev–Trinajstić information content (AvgIpc) is 2.35. The highest BCUT2D eigenvalue weighted by Crippen LogP contribution is 2.23. The molecule has 0 spiro atoms. The molecule has 1 N–H and O–H groups in total. The molecule has 0 saturated carbocycles. The van der Waals surface area contributed by atoms with Crippen molar-refractivity contribution in [2.75, 3.05) is 5.32 Å². The molecule has 18 heavy (non-hydrogen) atoms. The van der Waals surface area contributed by atoms with E-state index in [9.17, 15) is 4.79 Å². The quantitative estimate of drug-likeness (QED) is 0.937. The van der Waals surface area contributed by atoms with Gasteiger partial charge in [-0.1, -0.05) is 17.7 Å². The Morgan fingerprint density at radius 1 is 1.33 bits per heavy atom. The minimum absolute atomic E-state index is 0.0187. The van der Waals surface area contributed by atoms with Gasteiger partial charge in [-0.05, 0) is 39.7 Å². The number of hydrogen-bond acceptors (Lipinski definition) is 2. The van der Waals surface area contributed by atoms with Gasteiger partial charge in [0.2, 0.25) is 5.56 Å². The third-order valence-corrected chi connectivity index (χ3v) is 3.78. The maximum absolute atomic E-state index is 11.2. The van der Waals surface area contributed by atoms with Crippen LogP contribution in [-0.2, 0) is 13.6 Å². The minimum Gasteiger partial charge on any atom is -0.380 e. The lowest BCUT2D eigenvalue weighted by Crippen LogP contribution is -2.15. The first-order valence-electron chi connectivity index (χ1n) is 5.41. The Kier molecular flexibility index (Phi) is 4.09. The van der Waals surface area contributed by atoms with Crippen molar-refractivity contribution >= 4 is 33.2 Å². The van der Waals surface area contributed by atoms with Crippen LogP contribution in [0.4, 0.5) is 5.69 Å². The molecule has 0 atom stereocenters. The smallest absolute Gasteiger partial charge is 0.250 e. The van der Waals surface area contributed by atoms with E-state index in [-0.39, 0.29) is 5.56 Å². The Morgan fingerprint density at radius 3 is 2.78 bits per heavy atom. The van der Waals surface area contributed by atoms with Gasteiger partial charge in [0.15, 0.2) is 0 Å². The summed E-state index contributed by atoms with van der Waals surface area (Å²) >= 11 is 9.32. The summed E-state index contributed by atoms with van der Waals surface area (Å²) in [7, 11) is 1.73. The van der Waals surface area contributed by atoms with Crippen molar-refractivity contribution in [2.45, 2.75) is 6.54 Å². The number of aromatic nitrogens is 1. The first-order chi connectivity index (χ1) is 8.56. The lowest BCUT2D eigenvalue weighted by atomic mass is 10.2. The largest absolute Gasteiger partial charge is 0.380 e. The fraction of sp³-hybridized carbons (Fsp3) is 0.154. The van der Waals surface area contributed by atoms with Crippen LogP contribution in [0.15, 0.2) is 45.8 Å². The zero-order valence-corrected chi connectivity index (χ0v) is 12.1. The van der Waals surface area contributed by atoms with Gasteiger partial charge >= 0.3 is 0 Å². The molecule has 0 aliphatic carbocycles. The number of nitrogens with zero attached hydrogens (tertiary/aromatic N) is 1. The van der Waals surface area contributed by atoms with E-state index >= 15 is 0 Å². The Labute approximate surface area is 119 Å². The zero-order chi connectivity index (χ0) is 13.1. The summed E-state index contributed by atoms with van der Waals surface area (Å²) < 4.78 is 2.42. The number of hydrogen-bond donors (Lipinski definition) is 1. The topological polar surface area (TPSA) is 34.0 Å². The van der Waals surface area contributed by atoms with Crippen molar-refractivity contribution in [3.05, 3.63) is 61.9 Å². The Hall–Kier alpha value is -1.26. The lowest BCUT2D eigenvalue weighted by molar-refractivity contribution is 0.859. The molecule has 0 aliphatic heterocycles. The van der Waals surface area contributed by atoms with Crippen molar-refractivity contribution < 1.29 is 0 Å². The number of nitrogens with one attached hydrogen (secondary N) is 1. The summed E-state index contributed by atoms with van der Waals surface area (Å²) in [6.45, 7) is 0.675. The highest BCUT2D eigenvalue weighted by atomic mass is 79.9. The van der Waals surface area contributed by atoms with Crippen molar-refractivity contribution in [2.24, 2.45) is 7.05 Å². The second-order valence-electron chi connectivity index (χ2n) is 3.97. The highest BCUT2D eigenvalue weighted by Gasteiger charge is 2.00. The number of halogens is 2. The van der Waals surface area contributed by atoms with Crippen LogP contribution in [0.25, 0.3) is 0 Å². The molecule has 1 aromatic carbocycles. The molecule has 3 nitrogen and oxygen atoms in total. The summed E-state index contributed by atoms with van der Waals surface area (Å²) in [4.78, 5) is 11.2. The normalized spacial score (nSPS) is 10.4. The van der Waals surface area contributed by atoms with E-state index in [1.165, 1.54) is 0 Å². The summed E-state index contributed by atoms with van der Waals surface area (Å²) in [5, 5.41) is 3.95. The fourth-order valence-corrected chi connectivity index (χ4v) is 2.10. The molecule has 1 aromatic heterocycles. The molecule has 0 saturated heterocycles. The van der Waals surface area contributed by atoms with Gasteiger partial charge in [-0.25, -0.2) is 0 Å². The second-order valence-corrected chi connectivity index (χ2v) is 5.23. The summed E-state index contributed by atoms with van der Waals surface area (Å²) in [6, 6.07) is 9.09. The molecule has 0 unspecified atom stereocenters. The van der Waals surface area contributed by atoms with Crippen molar-refractivity contribution in [1.29, 1.82) is 0 Å². The van der Waals surface area contributed by atoms with E-state index in [4.69, 9.17) is 11.6 Å². The molecule has 94 valence electrons. The van der Waals surface area contributed by atoms with Crippen LogP contribution in [0, 0.1) is 0 Å². The zero-order valence-electron chi connectivity index (χ0n) is 9.78. The van der Waals surface area contributed by atoms with Crippen molar-refractivity contribution in [3.8, 4) is 0 Å². The molecule has 1 heterocycles. The average molecular weight is 328 g/mol. The molecule has 0 amide bonds. The first-order valence-corrected chi connectivity index (χ1v) is 6.58. The molecule has 0 radical (unpaired) electrons. The van der Waals surface area contributed by atoms with E-state index < -0.39 is 0 Å². The first kappa shape index (κ1) is 13.2. The van der Waals surface area contributed by atoms with Gasteiger partial charge in [-0.2, -0.15) is 0 Å². The molecule has 0 bridgehead atoms. The van der Waals surface area contributed by atoms with Crippen LogP contribution in [0.3, 0.4) is 0 Å². The van der Waals surface area contributed by atoms with E-state index in [1.807, 2.05) is 18.2 Å². The molecular weight excluding hydrogens is 316 g/mol. The number of aryl methyl sites for hydroxylation is 1. The third-order valence-electron chi connectivity index (χ3n) is 2.57. The van der Waals surface area contributed by atoms with Crippen LogP contribution < -0.4 is 10.9 Å². The minimum atomic E-state index is -0.0187. The predicted molar refractivity (Wildman–Crippen MR) is 78.2 cm³/mol. The predicted octanol–water partition coefficient (Wildman–Crippen LogP) is 3.41. The van der Waals surface area contributed by atoms with Gasteiger partial charge in [-0.3, -0.25) is 4.79 Å². The molecular formula is C13H12BrClN2O. The van der Waals surface area contributed by atoms with E-state index in [1.54, 1.807) is 29.9 Å². The monoisotopic (exact) mass is 326 g/mol. The highest BCUT2D eigenvalue weighted by molar-refractivity contribution is 9.10. The van der Waals surface area contributed by atoms with Crippen LogP contribution in [0.2, 0.25) is 5.02 Å². The van der Waals surface area contributed by atoms with Gasteiger partial charge in [-0.15, -0.1) is 0 Å². The Bertz CT molecular complexity index is 625. The van der Waals surface area contributed by atoms with Crippen LogP contribution >= 0.6 is 27.5 Å². The van der Waals surface area contributed by atoms with Crippen LogP contribution in [0.1, 0.15) is 5.56 Å². The second kappa shape index (κ2) is 5.59. The maximum atomic E-state index is 11.2. The molecule has 2 rings (SSSR count). The van der Waals surface area contributed by atoms with Gasteiger partial charge < -0.3 is 9.88 Å². The van der Waals surface area contributed by atoms with Gasteiger partial charge in [0, 0.05) is 30.3 Å². The summed E-state index contributed by atoms with van der Waals surface area (Å²) in [5.41, 5.74) is 2.00. The number of pyridine rings is 1.